The van der Waals surface area contributed by atoms with Crippen molar-refractivity contribution in [2.24, 2.45) is 11.7 Å². The second-order valence-corrected chi connectivity index (χ2v) is 5.02. The second kappa shape index (κ2) is 5.89. The van der Waals surface area contributed by atoms with Crippen molar-refractivity contribution in [1.29, 1.82) is 0 Å². The van der Waals surface area contributed by atoms with E-state index in [9.17, 15) is 4.79 Å². The lowest BCUT2D eigenvalue weighted by atomic mass is 10.1. The largest absolute Gasteiger partial charge is 0.369 e. The number of hydrogen-bond donors (Lipinski definition) is 2. The number of amides is 1. The molecule has 110 valence electrons. The van der Waals surface area contributed by atoms with Crippen molar-refractivity contribution in [1.82, 2.24) is 15.0 Å². The molecule has 20 heavy (non-hydrogen) atoms. The van der Waals surface area contributed by atoms with Gasteiger partial charge in [0.15, 0.2) is 0 Å². The van der Waals surface area contributed by atoms with Crippen LogP contribution in [0.2, 0.25) is 0 Å². The molecule has 0 radical (unpaired) electrons. The zero-order valence-electron chi connectivity index (χ0n) is 12.1. The summed E-state index contributed by atoms with van der Waals surface area (Å²) >= 11 is 0. The third-order valence-corrected chi connectivity index (χ3v) is 3.22. The number of hydrogen-bond acceptors (Lipinski definition) is 7. The van der Waals surface area contributed by atoms with Crippen LogP contribution in [0.3, 0.4) is 0 Å². The Labute approximate surface area is 118 Å². The van der Waals surface area contributed by atoms with Crippen LogP contribution in [0.25, 0.3) is 0 Å². The first-order chi connectivity index (χ1) is 9.51. The van der Waals surface area contributed by atoms with Gasteiger partial charge in [0.1, 0.15) is 0 Å². The highest BCUT2D eigenvalue weighted by Crippen LogP contribution is 2.22. The molecule has 1 unspecified atom stereocenters. The Morgan fingerprint density at radius 1 is 1.45 bits per heavy atom. The Balaban J connectivity index is 2.24. The maximum Gasteiger partial charge on any atom is 0.231 e. The summed E-state index contributed by atoms with van der Waals surface area (Å²) in [5.41, 5.74) is 5.35. The molecule has 1 saturated heterocycles. The van der Waals surface area contributed by atoms with Crippen LogP contribution in [0, 0.1) is 5.92 Å². The number of aromatic nitrogens is 3. The first kappa shape index (κ1) is 14.3. The fraction of sp³-hybridized carbons (Fsp3) is 0.667. The zero-order valence-corrected chi connectivity index (χ0v) is 12.1. The highest BCUT2D eigenvalue weighted by atomic mass is 16.1. The summed E-state index contributed by atoms with van der Waals surface area (Å²) in [7, 11) is 3.76. The maximum absolute atomic E-state index is 11.2. The summed E-state index contributed by atoms with van der Waals surface area (Å²) in [5.74, 6) is 1.33. The molecule has 8 heteroatoms. The smallest absolute Gasteiger partial charge is 0.231 e. The van der Waals surface area contributed by atoms with Crippen LogP contribution in [-0.4, -0.2) is 54.6 Å². The van der Waals surface area contributed by atoms with E-state index < -0.39 is 0 Å². The molecule has 1 fully saturated rings. The predicted molar refractivity (Wildman–Crippen MR) is 77.8 cm³/mol. The van der Waals surface area contributed by atoms with Crippen molar-refractivity contribution in [3.8, 4) is 0 Å². The molecule has 0 spiro atoms. The van der Waals surface area contributed by atoms with Gasteiger partial charge in [0.2, 0.25) is 23.8 Å². The van der Waals surface area contributed by atoms with Crippen molar-refractivity contribution < 1.29 is 4.79 Å². The molecular formula is C12H21N7O. The maximum atomic E-state index is 11.2. The average Bonchev–Trinajstić information content (AvgIpc) is 2.88. The van der Waals surface area contributed by atoms with Crippen LogP contribution >= 0.6 is 0 Å². The standard InChI is InChI=1S/C12H21N7O/c1-4-14-10-15-11(18(2)3)17-12(16-10)19-6-5-8(7-19)9(13)20/h8H,4-7H2,1-3H3,(H2,13,20)(H,14,15,16,17). The van der Waals surface area contributed by atoms with Crippen LogP contribution in [-0.2, 0) is 4.79 Å². The molecule has 1 aromatic heterocycles. The average molecular weight is 279 g/mol. The number of anilines is 3. The van der Waals surface area contributed by atoms with E-state index in [2.05, 4.69) is 20.3 Å². The molecule has 3 N–H and O–H groups in total. The molecule has 0 saturated carbocycles. The second-order valence-electron chi connectivity index (χ2n) is 5.02. The Bertz CT molecular complexity index is 491. The van der Waals surface area contributed by atoms with E-state index in [1.54, 1.807) is 0 Å². The van der Waals surface area contributed by atoms with Crippen LogP contribution in [0.15, 0.2) is 0 Å². The molecule has 0 aliphatic carbocycles. The summed E-state index contributed by atoms with van der Waals surface area (Å²) in [6.45, 7) is 4.02. The van der Waals surface area contributed by atoms with Crippen LogP contribution < -0.4 is 20.9 Å². The summed E-state index contributed by atoms with van der Waals surface area (Å²) in [5, 5.41) is 3.09. The van der Waals surface area contributed by atoms with Gasteiger partial charge in [0.25, 0.3) is 0 Å². The van der Waals surface area contributed by atoms with Crippen LogP contribution in [0.5, 0.6) is 0 Å². The highest BCUT2D eigenvalue weighted by molar-refractivity contribution is 5.78. The Morgan fingerprint density at radius 2 is 2.20 bits per heavy atom. The van der Waals surface area contributed by atoms with Gasteiger partial charge >= 0.3 is 0 Å². The van der Waals surface area contributed by atoms with Gasteiger partial charge in [-0.3, -0.25) is 4.79 Å². The summed E-state index contributed by atoms with van der Waals surface area (Å²) in [6, 6.07) is 0. The van der Waals surface area contributed by atoms with Gasteiger partial charge in [-0.25, -0.2) is 0 Å². The van der Waals surface area contributed by atoms with Gasteiger partial charge in [-0.1, -0.05) is 0 Å². The Hall–Kier alpha value is -2.12. The molecule has 1 amide bonds. The van der Waals surface area contributed by atoms with Gasteiger partial charge in [-0.05, 0) is 13.3 Å². The normalized spacial score (nSPS) is 18.1. The minimum absolute atomic E-state index is 0.128. The number of carbonyl (C=O) groups excluding carboxylic acids is 1. The van der Waals surface area contributed by atoms with Crippen molar-refractivity contribution in [3.05, 3.63) is 0 Å². The minimum atomic E-state index is -0.263. The monoisotopic (exact) mass is 279 g/mol. The minimum Gasteiger partial charge on any atom is -0.369 e. The predicted octanol–water partition coefficient (Wildman–Crippen LogP) is -0.319. The number of primary amides is 1. The fourth-order valence-corrected chi connectivity index (χ4v) is 2.11. The molecule has 0 bridgehead atoms. The quantitative estimate of drug-likeness (QED) is 0.762. The van der Waals surface area contributed by atoms with Crippen LogP contribution in [0.1, 0.15) is 13.3 Å². The SMILES string of the molecule is CCNc1nc(N(C)C)nc(N2CCC(C(N)=O)C2)n1. The number of nitrogens with zero attached hydrogens (tertiary/aromatic N) is 5. The van der Waals surface area contributed by atoms with Gasteiger partial charge in [-0.2, -0.15) is 15.0 Å². The first-order valence-corrected chi connectivity index (χ1v) is 6.72. The first-order valence-electron chi connectivity index (χ1n) is 6.72. The third kappa shape index (κ3) is 3.06. The molecule has 2 rings (SSSR count). The van der Waals surface area contributed by atoms with Gasteiger partial charge in [0, 0.05) is 33.7 Å². The number of rotatable bonds is 5. The van der Waals surface area contributed by atoms with Gasteiger partial charge in [0.05, 0.1) is 5.92 Å². The van der Waals surface area contributed by atoms with E-state index in [1.807, 2.05) is 30.8 Å². The molecule has 8 nitrogen and oxygen atoms in total. The van der Waals surface area contributed by atoms with Gasteiger partial charge in [-0.15, -0.1) is 0 Å². The van der Waals surface area contributed by atoms with E-state index >= 15 is 0 Å². The topological polar surface area (TPSA) is 100 Å². The molecule has 1 aliphatic rings. The highest BCUT2D eigenvalue weighted by Gasteiger charge is 2.28. The van der Waals surface area contributed by atoms with Crippen LogP contribution in [0.4, 0.5) is 17.8 Å². The van der Waals surface area contributed by atoms with Crippen molar-refractivity contribution in [3.63, 3.8) is 0 Å². The zero-order chi connectivity index (χ0) is 14.7. The van der Waals surface area contributed by atoms with Crippen molar-refractivity contribution in [2.45, 2.75) is 13.3 Å². The molecule has 0 aromatic carbocycles. The van der Waals surface area contributed by atoms with E-state index in [0.29, 0.717) is 24.4 Å². The number of nitrogens with two attached hydrogens (primary N) is 1. The lowest BCUT2D eigenvalue weighted by Crippen LogP contribution is -2.29. The summed E-state index contributed by atoms with van der Waals surface area (Å²) in [6.07, 6.45) is 0.745. The van der Waals surface area contributed by atoms with Gasteiger partial charge < -0.3 is 20.9 Å². The molecular weight excluding hydrogens is 258 g/mol. The lowest BCUT2D eigenvalue weighted by molar-refractivity contribution is -0.121. The Kier molecular flexibility index (Phi) is 4.21. The molecule has 1 aliphatic heterocycles. The third-order valence-electron chi connectivity index (χ3n) is 3.22. The van der Waals surface area contributed by atoms with E-state index in [4.69, 9.17) is 5.73 Å². The lowest BCUT2D eigenvalue weighted by Gasteiger charge is -2.19. The number of nitrogens with one attached hydrogen (secondary N) is 1. The van der Waals surface area contributed by atoms with E-state index in [0.717, 1.165) is 19.5 Å². The Morgan fingerprint density at radius 3 is 2.75 bits per heavy atom. The molecule has 2 heterocycles. The molecule has 1 atom stereocenters. The summed E-state index contributed by atoms with van der Waals surface area (Å²) in [4.78, 5) is 28.2. The summed E-state index contributed by atoms with van der Waals surface area (Å²) < 4.78 is 0. The number of carbonyl (C=O) groups is 1. The van der Waals surface area contributed by atoms with Crippen molar-refractivity contribution in [2.75, 3.05) is 48.8 Å². The fourth-order valence-electron chi connectivity index (χ4n) is 2.11. The van der Waals surface area contributed by atoms with Crippen molar-refractivity contribution >= 4 is 23.8 Å². The van der Waals surface area contributed by atoms with E-state index in [1.165, 1.54) is 0 Å². The molecule has 1 aromatic rings. The van der Waals surface area contributed by atoms with E-state index in [-0.39, 0.29) is 11.8 Å².